The first-order valence-electron chi connectivity index (χ1n) is 8.65. The first kappa shape index (κ1) is 20.8. The molecule has 21 heavy (non-hydrogen) atoms. The third kappa shape index (κ3) is 11.1. The largest absolute Gasteiger partial charge is 0.396 e. The van der Waals surface area contributed by atoms with Crippen molar-refractivity contribution in [2.24, 2.45) is 11.8 Å². The van der Waals surface area contributed by atoms with Gasteiger partial charge in [0.1, 0.15) is 0 Å². The van der Waals surface area contributed by atoms with E-state index >= 15 is 0 Å². The van der Waals surface area contributed by atoms with Crippen LogP contribution in [0.2, 0.25) is 0 Å². The lowest BCUT2D eigenvalue weighted by molar-refractivity contribution is 0.0173. The molecule has 0 saturated carbocycles. The molecule has 4 nitrogen and oxygen atoms in total. The average Bonchev–Trinajstić information content (AvgIpc) is 2.46. The minimum absolute atomic E-state index is 0.179. The van der Waals surface area contributed by atoms with Crippen molar-refractivity contribution >= 4 is 0 Å². The summed E-state index contributed by atoms with van der Waals surface area (Å²) in [7, 11) is 0. The molecule has 0 aromatic rings. The summed E-state index contributed by atoms with van der Waals surface area (Å²) in [4.78, 5) is 0. The van der Waals surface area contributed by atoms with Gasteiger partial charge in [-0.3, -0.25) is 0 Å². The second-order valence-electron chi connectivity index (χ2n) is 6.38. The van der Waals surface area contributed by atoms with Crippen LogP contribution >= 0.6 is 0 Å². The minimum Gasteiger partial charge on any atom is -0.396 e. The first-order valence-corrected chi connectivity index (χ1v) is 8.65. The smallest absolute Gasteiger partial charge is 0.0897 e. The quantitative estimate of drug-likeness (QED) is 0.461. The number of ether oxygens (including phenoxy) is 1. The van der Waals surface area contributed by atoms with Gasteiger partial charge < -0.3 is 20.3 Å². The molecule has 0 aliphatic heterocycles. The van der Waals surface area contributed by atoms with Crippen molar-refractivity contribution in [3.63, 3.8) is 0 Å². The summed E-state index contributed by atoms with van der Waals surface area (Å²) in [5.41, 5.74) is 0. The molecule has 0 amide bonds. The monoisotopic (exact) mass is 303 g/mol. The zero-order valence-corrected chi connectivity index (χ0v) is 14.5. The molecule has 0 fully saturated rings. The van der Waals surface area contributed by atoms with Crippen LogP contribution < -0.4 is 5.32 Å². The molecule has 3 unspecified atom stereocenters. The number of aliphatic hydroxyl groups is 2. The number of unbranched alkanes of at least 4 members (excludes halogenated alkanes) is 1. The highest BCUT2D eigenvalue weighted by atomic mass is 16.5. The van der Waals surface area contributed by atoms with Gasteiger partial charge in [0, 0.05) is 25.8 Å². The molecule has 0 spiro atoms. The van der Waals surface area contributed by atoms with Crippen LogP contribution in [-0.4, -0.2) is 48.7 Å². The average molecular weight is 303 g/mol. The molecule has 3 atom stereocenters. The van der Waals surface area contributed by atoms with Crippen LogP contribution in [0.1, 0.15) is 59.8 Å². The predicted octanol–water partition coefficient (Wildman–Crippen LogP) is 2.58. The van der Waals surface area contributed by atoms with Crippen molar-refractivity contribution in [1.82, 2.24) is 5.32 Å². The van der Waals surface area contributed by atoms with Crippen molar-refractivity contribution in [3.05, 3.63) is 0 Å². The normalized spacial score (nSPS) is 16.1. The Morgan fingerprint density at radius 2 is 1.81 bits per heavy atom. The van der Waals surface area contributed by atoms with E-state index < -0.39 is 6.10 Å². The van der Waals surface area contributed by atoms with Gasteiger partial charge in [0.2, 0.25) is 0 Å². The van der Waals surface area contributed by atoms with Gasteiger partial charge in [-0.1, -0.05) is 47.0 Å². The molecular weight excluding hydrogens is 266 g/mol. The highest BCUT2D eigenvalue weighted by Crippen LogP contribution is 2.13. The Kier molecular flexibility index (Phi) is 13.4. The van der Waals surface area contributed by atoms with E-state index in [4.69, 9.17) is 9.84 Å². The number of rotatable bonds is 14. The molecule has 128 valence electrons. The van der Waals surface area contributed by atoms with Gasteiger partial charge >= 0.3 is 0 Å². The van der Waals surface area contributed by atoms with E-state index in [1.807, 2.05) is 0 Å². The lowest BCUT2D eigenvalue weighted by Crippen LogP contribution is -2.41. The van der Waals surface area contributed by atoms with E-state index in [0.29, 0.717) is 25.0 Å². The Morgan fingerprint density at radius 3 is 2.33 bits per heavy atom. The molecule has 3 N–H and O–H groups in total. The van der Waals surface area contributed by atoms with Gasteiger partial charge in [-0.15, -0.1) is 0 Å². The van der Waals surface area contributed by atoms with Crippen molar-refractivity contribution < 1.29 is 14.9 Å². The van der Waals surface area contributed by atoms with Gasteiger partial charge in [-0.05, 0) is 24.7 Å². The van der Waals surface area contributed by atoms with Crippen LogP contribution in [0.4, 0.5) is 0 Å². The van der Waals surface area contributed by atoms with E-state index in [1.165, 1.54) is 19.3 Å². The fourth-order valence-electron chi connectivity index (χ4n) is 2.43. The summed E-state index contributed by atoms with van der Waals surface area (Å²) in [6, 6.07) is 0.248. The summed E-state index contributed by atoms with van der Waals surface area (Å²) in [5.74, 6) is 1.06. The molecule has 0 heterocycles. The Balaban J connectivity index is 3.80. The number of hydrogen-bond donors (Lipinski definition) is 3. The van der Waals surface area contributed by atoms with Gasteiger partial charge in [0.15, 0.2) is 0 Å². The minimum atomic E-state index is -0.478. The van der Waals surface area contributed by atoms with Crippen molar-refractivity contribution in [2.45, 2.75) is 71.9 Å². The lowest BCUT2D eigenvalue weighted by Gasteiger charge is -2.23. The molecule has 0 aromatic carbocycles. The fraction of sp³-hybridized carbons (Fsp3) is 1.00. The van der Waals surface area contributed by atoms with E-state index in [1.54, 1.807) is 0 Å². The van der Waals surface area contributed by atoms with E-state index in [-0.39, 0.29) is 12.6 Å². The molecule has 0 rings (SSSR count). The maximum absolute atomic E-state index is 9.96. The maximum Gasteiger partial charge on any atom is 0.0897 e. The van der Waals surface area contributed by atoms with E-state index in [0.717, 1.165) is 19.4 Å². The van der Waals surface area contributed by atoms with Crippen LogP contribution in [0.15, 0.2) is 0 Å². The maximum atomic E-state index is 9.96. The van der Waals surface area contributed by atoms with Crippen LogP contribution in [-0.2, 0) is 4.74 Å². The number of aliphatic hydroxyl groups excluding tert-OH is 2. The van der Waals surface area contributed by atoms with Crippen molar-refractivity contribution in [2.75, 3.05) is 26.4 Å². The summed E-state index contributed by atoms with van der Waals surface area (Å²) in [6.07, 6.45) is 5.08. The molecule has 0 saturated heterocycles. The Hall–Kier alpha value is -0.160. The number of hydrogen-bond acceptors (Lipinski definition) is 4. The Morgan fingerprint density at radius 1 is 1.10 bits per heavy atom. The molecule has 0 bridgehead atoms. The fourth-order valence-corrected chi connectivity index (χ4v) is 2.43. The first-order chi connectivity index (χ1) is 10.0. The third-order valence-corrected chi connectivity index (χ3v) is 4.07. The van der Waals surface area contributed by atoms with Crippen molar-refractivity contribution in [3.8, 4) is 0 Å². The van der Waals surface area contributed by atoms with Crippen LogP contribution in [0.5, 0.6) is 0 Å². The highest BCUT2D eigenvalue weighted by Gasteiger charge is 2.14. The van der Waals surface area contributed by atoms with E-state index in [2.05, 4.69) is 33.0 Å². The second-order valence-corrected chi connectivity index (χ2v) is 6.38. The molecule has 0 aliphatic rings. The summed E-state index contributed by atoms with van der Waals surface area (Å²) in [6.45, 7) is 10.5. The number of nitrogens with one attached hydrogen (secondary N) is 1. The predicted molar refractivity (Wildman–Crippen MR) is 88.5 cm³/mol. The summed E-state index contributed by atoms with van der Waals surface area (Å²) >= 11 is 0. The molecular formula is C17H37NO3. The van der Waals surface area contributed by atoms with Crippen LogP contribution in [0, 0.1) is 11.8 Å². The lowest BCUT2D eigenvalue weighted by atomic mass is 10.0. The standard InChI is InChI=1S/C17H37NO3/c1-5-7-8-15(6-2)12-21-13-16(20)11-18-17(9-10-19)14(3)4/h14-20H,5-13H2,1-4H3. The third-order valence-electron chi connectivity index (χ3n) is 4.07. The highest BCUT2D eigenvalue weighted by molar-refractivity contribution is 4.72. The van der Waals surface area contributed by atoms with Gasteiger partial charge in [-0.2, -0.15) is 0 Å². The molecule has 4 heteroatoms. The second kappa shape index (κ2) is 13.5. The van der Waals surface area contributed by atoms with Gasteiger partial charge in [0.05, 0.1) is 12.7 Å². The Bertz CT molecular complexity index is 224. The van der Waals surface area contributed by atoms with Crippen LogP contribution in [0.3, 0.4) is 0 Å². The van der Waals surface area contributed by atoms with E-state index in [9.17, 15) is 5.11 Å². The summed E-state index contributed by atoms with van der Waals surface area (Å²) in [5, 5.41) is 22.3. The zero-order chi connectivity index (χ0) is 16.1. The SMILES string of the molecule is CCCCC(CC)COCC(O)CNC(CCO)C(C)C. The van der Waals surface area contributed by atoms with Crippen LogP contribution in [0.25, 0.3) is 0 Å². The molecule has 0 aliphatic carbocycles. The van der Waals surface area contributed by atoms with Gasteiger partial charge in [-0.25, -0.2) is 0 Å². The van der Waals surface area contributed by atoms with Crippen molar-refractivity contribution in [1.29, 1.82) is 0 Å². The Labute approximate surface area is 131 Å². The topological polar surface area (TPSA) is 61.7 Å². The zero-order valence-electron chi connectivity index (χ0n) is 14.5. The molecule has 0 aromatic heterocycles. The van der Waals surface area contributed by atoms with Gasteiger partial charge in [0.25, 0.3) is 0 Å². The summed E-state index contributed by atoms with van der Waals surface area (Å²) < 4.78 is 5.66. The molecule has 0 radical (unpaired) electrons.